The molecule has 1 aromatic heterocycles. The second-order valence-electron chi connectivity index (χ2n) is 5.39. The van der Waals surface area contributed by atoms with Crippen LogP contribution in [0.1, 0.15) is 27.2 Å². The average molecular weight is 404 g/mol. The molecule has 116 valence electrons. The number of thiophene rings is 1. The largest absolute Gasteiger partial charge is 0.330 e. The van der Waals surface area contributed by atoms with Crippen molar-refractivity contribution in [3.8, 4) is 0 Å². The van der Waals surface area contributed by atoms with Crippen molar-refractivity contribution in [1.82, 2.24) is 4.31 Å². The van der Waals surface area contributed by atoms with Crippen molar-refractivity contribution in [2.75, 3.05) is 19.6 Å². The molecule has 0 atom stereocenters. The van der Waals surface area contributed by atoms with Crippen LogP contribution in [0.4, 0.5) is 0 Å². The predicted molar refractivity (Wildman–Crippen MR) is 88.9 cm³/mol. The first-order valence-electron chi connectivity index (χ1n) is 6.29. The Bertz CT molecular complexity index is 538. The summed E-state index contributed by atoms with van der Waals surface area (Å²) in [7, 11) is -3.53. The third-order valence-electron chi connectivity index (χ3n) is 2.85. The fourth-order valence-corrected chi connectivity index (χ4v) is 5.93. The van der Waals surface area contributed by atoms with E-state index in [4.69, 9.17) is 17.3 Å². The number of rotatable bonds is 7. The summed E-state index contributed by atoms with van der Waals surface area (Å²) < 4.78 is 27.8. The molecule has 0 saturated heterocycles. The van der Waals surface area contributed by atoms with E-state index in [2.05, 4.69) is 15.9 Å². The maximum Gasteiger partial charge on any atom is 0.252 e. The van der Waals surface area contributed by atoms with E-state index in [-0.39, 0.29) is 9.62 Å². The van der Waals surface area contributed by atoms with Gasteiger partial charge in [-0.2, -0.15) is 4.31 Å². The third-order valence-corrected chi connectivity index (χ3v) is 7.62. The zero-order valence-corrected chi connectivity index (χ0v) is 15.8. The van der Waals surface area contributed by atoms with E-state index in [1.165, 1.54) is 10.4 Å². The summed E-state index contributed by atoms with van der Waals surface area (Å²) in [5.41, 5.74) is 5.45. The van der Waals surface area contributed by atoms with Crippen molar-refractivity contribution in [3.63, 3.8) is 0 Å². The molecule has 1 aromatic rings. The molecule has 4 nitrogen and oxygen atoms in total. The normalized spacial score (nSPS) is 13.2. The Balaban J connectivity index is 3.12. The molecule has 0 saturated carbocycles. The molecular weight excluding hydrogens is 384 g/mol. The van der Waals surface area contributed by atoms with Gasteiger partial charge in [-0.15, -0.1) is 11.3 Å². The summed E-state index contributed by atoms with van der Waals surface area (Å²) in [6.07, 6.45) is 0.750. The summed E-state index contributed by atoms with van der Waals surface area (Å²) in [4.78, 5) is 0. The van der Waals surface area contributed by atoms with Crippen LogP contribution in [0.3, 0.4) is 0 Å². The minimum atomic E-state index is -3.53. The fourth-order valence-electron chi connectivity index (χ4n) is 1.66. The maximum absolute atomic E-state index is 12.7. The van der Waals surface area contributed by atoms with Crippen LogP contribution in [0.5, 0.6) is 0 Å². The fraction of sp³-hybridized carbons (Fsp3) is 0.667. The van der Waals surface area contributed by atoms with Gasteiger partial charge >= 0.3 is 0 Å². The highest BCUT2D eigenvalue weighted by Crippen LogP contribution is 2.36. The SMILES string of the molecule is CCCN(CC(C)(C)CN)S(=O)(=O)c1cc(Cl)c(Br)s1. The van der Waals surface area contributed by atoms with E-state index in [9.17, 15) is 8.42 Å². The summed E-state index contributed by atoms with van der Waals surface area (Å²) >= 11 is 10.3. The zero-order valence-electron chi connectivity index (χ0n) is 11.8. The van der Waals surface area contributed by atoms with Crippen LogP contribution in [0.15, 0.2) is 14.1 Å². The van der Waals surface area contributed by atoms with Crippen LogP contribution < -0.4 is 5.73 Å². The van der Waals surface area contributed by atoms with Gasteiger partial charge in [-0.3, -0.25) is 0 Å². The second-order valence-corrected chi connectivity index (χ2v) is 10.3. The van der Waals surface area contributed by atoms with Crippen LogP contribution in [-0.4, -0.2) is 32.4 Å². The van der Waals surface area contributed by atoms with Gasteiger partial charge in [0.15, 0.2) is 0 Å². The Hall–Kier alpha value is 0.340. The smallest absolute Gasteiger partial charge is 0.252 e. The lowest BCUT2D eigenvalue weighted by Crippen LogP contribution is -2.42. The zero-order chi connectivity index (χ0) is 15.6. The molecule has 1 rings (SSSR count). The van der Waals surface area contributed by atoms with E-state index in [0.717, 1.165) is 17.8 Å². The van der Waals surface area contributed by atoms with E-state index >= 15 is 0 Å². The van der Waals surface area contributed by atoms with Crippen molar-refractivity contribution in [3.05, 3.63) is 14.9 Å². The van der Waals surface area contributed by atoms with E-state index < -0.39 is 10.0 Å². The third kappa shape index (κ3) is 4.42. The average Bonchev–Trinajstić information content (AvgIpc) is 2.69. The number of hydrogen-bond acceptors (Lipinski definition) is 4. The first-order valence-corrected chi connectivity index (χ1v) is 9.72. The number of hydrogen-bond donors (Lipinski definition) is 1. The molecule has 20 heavy (non-hydrogen) atoms. The lowest BCUT2D eigenvalue weighted by molar-refractivity contribution is 0.267. The number of nitrogens with two attached hydrogens (primary N) is 1. The Morgan fingerprint density at radius 3 is 2.50 bits per heavy atom. The van der Waals surface area contributed by atoms with Gasteiger partial charge in [0.25, 0.3) is 10.0 Å². The van der Waals surface area contributed by atoms with Gasteiger partial charge in [0.05, 0.1) is 8.81 Å². The lowest BCUT2D eigenvalue weighted by Gasteiger charge is -2.30. The van der Waals surface area contributed by atoms with Gasteiger partial charge in [-0.05, 0) is 40.4 Å². The first-order chi connectivity index (χ1) is 9.14. The van der Waals surface area contributed by atoms with Gasteiger partial charge in [-0.25, -0.2) is 8.42 Å². The van der Waals surface area contributed by atoms with Gasteiger partial charge < -0.3 is 5.73 Å². The molecule has 8 heteroatoms. The van der Waals surface area contributed by atoms with Crippen LogP contribution in [0, 0.1) is 5.41 Å². The van der Waals surface area contributed by atoms with Crippen LogP contribution >= 0.6 is 38.9 Å². The summed E-state index contributed by atoms with van der Waals surface area (Å²) in [6.45, 7) is 7.17. The maximum atomic E-state index is 12.7. The van der Waals surface area contributed by atoms with Crippen LogP contribution in [0.2, 0.25) is 5.02 Å². The molecule has 0 aliphatic rings. The number of nitrogens with zero attached hydrogens (tertiary/aromatic N) is 1. The molecule has 0 aliphatic heterocycles. The molecule has 0 spiro atoms. The molecule has 0 fully saturated rings. The van der Waals surface area contributed by atoms with Crippen molar-refractivity contribution in [2.45, 2.75) is 31.4 Å². The van der Waals surface area contributed by atoms with Gasteiger partial charge in [-0.1, -0.05) is 32.4 Å². The molecule has 0 aromatic carbocycles. The summed E-state index contributed by atoms with van der Waals surface area (Å²) in [6, 6.07) is 1.49. The highest BCUT2D eigenvalue weighted by Gasteiger charge is 2.31. The van der Waals surface area contributed by atoms with Crippen LogP contribution in [0.25, 0.3) is 0 Å². The van der Waals surface area contributed by atoms with Gasteiger partial charge in [0, 0.05) is 13.1 Å². The summed E-state index contributed by atoms with van der Waals surface area (Å²) in [5, 5.41) is 0.420. The molecule has 0 unspecified atom stereocenters. The minimum absolute atomic E-state index is 0.260. The predicted octanol–water partition coefficient (Wildman–Crippen LogP) is 3.55. The quantitative estimate of drug-likeness (QED) is 0.757. The Morgan fingerprint density at radius 1 is 1.50 bits per heavy atom. The first kappa shape index (κ1) is 18.4. The Morgan fingerprint density at radius 2 is 2.10 bits per heavy atom. The molecule has 0 amide bonds. The highest BCUT2D eigenvalue weighted by molar-refractivity contribution is 9.11. The minimum Gasteiger partial charge on any atom is -0.330 e. The Kier molecular flexibility index (Phi) is 6.50. The van der Waals surface area contributed by atoms with E-state index in [1.807, 2.05) is 20.8 Å². The summed E-state index contributed by atoms with van der Waals surface area (Å²) in [5.74, 6) is 0. The van der Waals surface area contributed by atoms with Gasteiger partial charge in [0.1, 0.15) is 4.21 Å². The molecule has 1 heterocycles. The Labute approximate surface area is 138 Å². The highest BCUT2D eigenvalue weighted by atomic mass is 79.9. The molecular formula is C12H20BrClN2O2S2. The lowest BCUT2D eigenvalue weighted by atomic mass is 9.94. The topological polar surface area (TPSA) is 63.4 Å². The molecule has 0 aliphatic carbocycles. The van der Waals surface area contributed by atoms with Gasteiger partial charge in [0.2, 0.25) is 0 Å². The van der Waals surface area contributed by atoms with Crippen molar-refractivity contribution in [2.24, 2.45) is 11.1 Å². The van der Waals surface area contributed by atoms with Crippen molar-refractivity contribution >= 4 is 48.9 Å². The van der Waals surface area contributed by atoms with Crippen molar-refractivity contribution < 1.29 is 8.42 Å². The number of halogens is 2. The van der Waals surface area contributed by atoms with E-state index in [1.54, 1.807) is 0 Å². The monoisotopic (exact) mass is 402 g/mol. The van der Waals surface area contributed by atoms with Crippen LogP contribution in [-0.2, 0) is 10.0 Å². The second kappa shape index (κ2) is 7.07. The number of sulfonamides is 1. The van der Waals surface area contributed by atoms with Crippen molar-refractivity contribution in [1.29, 1.82) is 0 Å². The standard InChI is InChI=1S/C12H20BrClN2O2S2/c1-4-5-16(8-12(2,3)7-15)20(17,18)10-6-9(14)11(13)19-10/h6H,4-5,7-8,15H2,1-3H3. The van der Waals surface area contributed by atoms with E-state index in [0.29, 0.717) is 28.4 Å². The molecule has 0 radical (unpaired) electrons. The molecule has 0 bridgehead atoms. The molecule has 2 N–H and O–H groups in total.